The number of aliphatic imine (C=N–C) groups is 1. The maximum Gasteiger partial charge on any atom is 0.224 e. The highest BCUT2D eigenvalue weighted by Gasteiger charge is 2.21. The first-order valence-electron chi connectivity index (χ1n) is 9.56. The summed E-state index contributed by atoms with van der Waals surface area (Å²) in [7, 11) is 0. The van der Waals surface area contributed by atoms with Crippen LogP contribution in [0.3, 0.4) is 0 Å². The molecule has 0 bridgehead atoms. The van der Waals surface area contributed by atoms with Crippen molar-refractivity contribution in [2.75, 3.05) is 26.2 Å². The second-order valence-corrected chi connectivity index (χ2v) is 8.73. The van der Waals surface area contributed by atoms with Crippen molar-refractivity contribution in [2.24, 2.45) is 4.99 Å². The SMILES string of the molecule is CCNC(=NCC(C)c1cccs1)NCCC(=O)N1CCc2sccc2C1.I. The first kappa shape index (κ1) is 23.2. The lowest BCUT2D eigenvalue weighted by Crippen LogP contribution is -2.41. The first-order chi connectivity index (χ1) is 13.2. The van der Waals surface area contributed by atoms with Gasteiger partial charge in [0.15, 0.2) is 5.96 Å². The van der Waals surface area contributed by atoms with E-state index < -0.39 is 0 Å². The second-order valence-electron chi connectivity index (χ2n) is 6.75. The molecule has 0 saturated heterocycles. The summed E-state index contributed by atoms with van der Waals surface area (Å²) in [4.78, 5) is 22.0. The molecule has 0 radical (unpaired) electrons. The predicted molar refractivity (Wildman–Crippen MR) is 130 cm³/mol. The van der Waals surface area contributed by atoms with Crippen LogP contribution in [0.4, 0.5) is 0 Å². The lowest BCUT2D eigenvalue weighted by atomic mass is 10.1. The van der Waals surface area contributed by atoms with Gasteiger partial charge in [-0.15, -0.1) is 46.7 Å². The summed E-state index contributed by atoms with van der Waals surface area (Å²) in [6, 6.07) is 6.37. The van der Waals surface area contributed by atoms with Gasteiger partial charge in [-0.1, -0.05) is 13.0 Å². The molecular weight excluding hydrogens is 503 g/mol. The molecule has 8 heteroatoms. The van der Waals surface area contributed by atoms with Gasteiger partial charge in [0.05, 0.1) is 6.54 Å². The lowest BCUT2D eigenvalue weighted by molar-refractivity contribution is -0.131. The minimum atomic E-state index is 0. The summed E-state index contributed by atoms with van der Waals surface area (Å²) in [5, 5.41) is 10.8. The van der Waals surface area contributed by atoms with E-state index in [9.17, 15) is 4.79 Å². The molecule has 1 aliphatic heterocycles. The van der Waals surface area contributed by atoms with Crippen LogP contribution in [0.25, 0.3) is 0 Å². The number of guanidine groups is 1. The van der Waals surface area contributed by atoms with Crippen molar-refractivity contribution in [3.63, 3.8) is 0 Å². The predicted octanol–water partition coefficient (Wildman–Crippen LogP) is 4.06. The third kappa shape index (κ3) is 6.45. The van der Waals surface area contributed by atoms with Gasteiger partial charge in [0.1, 0.15) is 0 Å². The van der Waals surface area contributed by atoms with Crippen LogP contribution in [0.5, 0.6) is 0 Å². The maximum absolute atomic E-state index is 12.5. The molecule has 0 aromatic carbocycles. The highest BCUT2D eigenvalue weighted by molar-refractivity contribution is 14.0. The number of halogens is 1. The zero-order chi connectivity index (χ0) is 19.1. The summed E-state index contributed by atoms with van der Waals surface area (Å²) in [6.07, 6.45) is 1.47. The summed E-state index contributed by atoms with van der Waals surface area (Å²) in [5.74, 6) is 1.39. The van der Waals surface area contributed by atoms with Gasteiger partial charge in [-0.05, 0) is 41.8 Å². The number of nitrogens with zero attached hydrogens (tertiary/aromatic N) is 2. The number of amides is 1. The van der Waals surface area contributed by atoms with Crippen molar-refractivity contribution in [1.29, 1.82) is 0 Å². The average molecular weight is 533 g/mol. The third-order valence-electron chi connectivity index (χ3n) is 4.69. The van der Waals surface area contributed by atoms with Gasteiger partial charge in [0.25, 0.3) is 0 Å². The largest absolute Gasteiger partial charge is 0.357 e. The van der Waals surface area contributed by atoms with Crippen molar-refractivity contribution in [3.05, 3.63) is 44.3 Å². The lowest BCUT2D eigenvalue weighted by Gasteiger charge is -2.27. The Bertz CT molecular complexity index is 760. The Kier molecular flexibility index (Phi) is 9.73. The number of fused-ring (bicyclic) bond motifs is 1. The summed E-state index contributed by atoms with van der Waals surface area (Å²) >= 11 is 3.57. The molecule has 154 valence electrons. The summed E-state index contributed by atoms with van der Waals surface area (Å²) in [6.45, 7) is 7.97. The molecule has 1 atom stereocenters. The molecule has 1 unspecified atom stereocenters. The average Bonchev–Trinajstić information content (AvgIpc) is 3.36. The molecule has 5 nitrogen and oxygen atoms in total. The van der Waals surface area contributed by atoms with Crippen LogP contribution in [0, 0.1) is 0 Å². The third-order valence-corrected chi connectivity index (χ3v) is 6.81. The van der Waals surface area contributed by atoms with Crippen LogP contribution in [-0.2, 0) is 17.8 Å². The number of carbonyl (C=O) groups is 1. The van der Waals surface area contributed by atoms with Gasteiger partial charge < -0.3 is 15.5 Å². The number of rotatable bonds is 7. The van der Waals surface area contributed by atoms with Gasteiger partial charge in [0.2, 0.25) is 5.91 Å². The van der Waals surface area contributed by atoms with E-state index in [0.29, 0.717) is 18.9 Å². The smallest absolute Gasteiger partial charge is 0.224 e. The fourth-order valence-corrected chi connectivity index (χ4v) is 4.81. The normalized spacial score (nSPS) is 14.8. The molecule has 28 heavy (non-hydrogen) atoms. The van der Waals surface area contributed by atoms with E-state index in [4.69, 9.17) is 0 Å². The Morgan fingerprint density at radius 1 is 1.29 bits per heavy atom. The van der Waals surface area contributed by atoms with Gasteiger partial charge in [0, 0.05) is 48.3 Å². The fourth-order valence-electron chi connectivity index (χ4n) is 3.14. The topological polar surface area (TPSA) is 56.7 Å². The summed E-state index contributed by atoms with van der Waals surface area (Å²) < 4.78 is 0. The minimum Gasteiger partial charge on any atom is -0.357 e. The maximum atomic E-state index is 12.5. The Hall–Kier alpha value is -1.13. The van der Waals surface area contributed by atoms with Gasteiger partial charge in [-0.25, -0.2) is 0 Å². The minimum absolute atomic E-state index is 0. The Labute approximate surface area is 192 Å². The first-order valence-corrected chi connectivity index (χ1v) is 11.3. The highest BCUT2D eigenvalue weighted by Crippen LogP contribution is 2.24. The number of carbonyl (C=O) groups excluding carboxylic acids is 1. The Balaban J connectivity index is 0.00000280. The zero-order valence-corrected chi connectivity index (χ0v) is 20.4. The van der Waals surface area contributed by atoms with Crippen molar-refractivity contribution in [1.82, 2.24) is 15.5 Å². The van der Waals surface area contributed by atoms with Crippen molar-refractivity contribution >= 4 is 58.5 Å². The molecule has 1 amide bonds. The molecule has 1 aliphatic rings. The van der Waals surface area contributed by atoms with Gasteiger partial charge >= 0.3 is 0 Å². The fraction of sp³-hybridized carbons (Fsp3) is 0.500. The van der Waals surface area contributed by atoms with Crippen LogP contribution >= 0.6 is 46.7 Å². The molecular formula is C20H29IN4OS2. The van der Waals surface area contributed by atoms with Crippen LogP contribution in [0.1, 0.15) is 41.5 Å². The Morgan fingerprint density at radius 2 is 2.14 bits per heavy atom. The monoisotopic (exact) mass is 532 g/mol. The van der Waals surface area contributed by atoms with Crippen molar-refractivity contribution in [2.45, 2.75) is 39.2 Å². The van der Waals surface area contributed by atoms with Crippen LogP contribution < -0.4 is 10.6 Å². The van der Waals surface area contributed by atoms with Crippen molar-refractivity contribution < 1.29 is 4.79 Å². The van der Waals surface area contributed by atoms with E-state index in [2.05, 4.69) is 58.4 Å². The number of hydrogen-bond acceptors (Lipinski definition) is 4. The van der Waals surface area contributed by atoms with E-state index in [1.807, 2.05) is 4.90 Å². The molecule has 0 spiro atoms. The number of thiophene rings is 2. The second kappa shape index (κ2) is 11.8. The van der Waals surface area contributed by atoms with Crippen LogP contribution in [0.15, 0.2) is 34.0 Å². The van der Waals surface area contributed by atoms with Gasteiger partial charge in [-0.3, -0.25) is 9.79 Å². The molecule has 2 aromatic rings. The summed E-state index contributed by atoms with van der Waals surface area (Å²) in [5.41, 5.74) is 1.31. The Morgan fingerprint density at radius 3 is 2.89 bits per heavy atom. The van der Waals surface area contributed by atoms with Crippen LogP contribution in [-0.4, -0.2) is 42.9 Å². The van der Waals surface area contributed by atoms with Gasteiger partial charge in [-0.2, -0.15) is 0 Å². The number of nitrogens with one attached hydrogen (secondary N) is 2. The van der Waals surface area contributed by atoms with E-state index >= 15 is 0 Å². The number of hydrogen-bond donors (Lipinski definition) is 2. The zero-order valence-electron chi connectivity index (χ0n) is 16.4. The molecule has 0 fully saturated rings. The molecule has 0 aliphatic carbocycles. The highest BCUT2D eigenvalue weighted by atomic mass is 127. The van der Waals surface area contributed by atoms with E-state index in [-0.39, 0.29) is 29.9 Å². The van der Waals surface area contributed by atoms with Crippen molar-refractivity contribution in [3.8, 4) is 0 Å². The van der Waals surface area contributed by atoms with E-state index in [0.717, 1.165) is 38.6 Å². The van der Waals surface area contributed by atoms with E-state index in [1.165, 1.54) is 15.3 Å². The quantitative estimate of drug-likeness (QED) is 0.321. The van der Waals surface area contributed by atoms with E-state index in [1.54, 1.807) is 22.7 Å². The molecule has 2 aromatic heterocycles. The molecule has 3 heterocycles. The van der Waals surface area contributed by atoms with Crippen LogP contribution in [0.2, 0.25) is 0 Å². The molecule has 0 saturated carbocycles. The standard InChI is InChI=1S/C20H28N4OS2.HI/c1-3-21-20(23-13-15(2)17-5-4-11-26-17)22-9-6-19(25)24-10-7-18-16(14-24)8-12-27-18;/h4-5,8,11-12,15H,3,6-7,9-10,13-14H2,1-2H3,(H2,21,22,23);1H. The molecule has 3 rings (SSSR count). The molecule has 2 N–H and O–H groups in total.